The van der Waals surface area contributed by atoms with E-state index in [4.69, 9.17) is 27.3 Å². The molecule has 2 aromatic heterocycles. The molecule has 3 heterocycles. The van der Waals surface area contributed by atoms with E-state index in [0.717, 1.165) is 48.7 Å². The van der Waals surface area contributed by atoms with Crippen LogP contribution in [0, 0.1) is 19.3 Å². The lowest BCUT2D eigenvalue weighted by Crippen LogP contribution is -2.47. The van der Waals surface area contributed by atoms with E-state index in [1.54, 1.807) is 6.20 Å². The fraction of sp³-hybridized carbons (Fsp3) is 0.550. The Morgan fingerprint density at radius 3 is 2.52 bits per heavy atom. The second-order valence-corrected chi connectivity index (χ2v) is 8.15. The van der Waals surface area contributed by atoms with Crippen molar-refractivity contribution in [2.45, 2.75) is 53.2 Å². The van der Waals surface area contributed by atoms with Gasteiger partial charge < -0.3 is 15.7 Å². The Labute approximate surface area is 165 Å². The first-order valence-corrected chi connectivity index (χ1v) is 9.75. The van der Waals surface area contributed by atoms with Gasteiger partial charge in [0.05, 0.1) is 28.7 Å². The van der Waals surface area contributed by atoms with E-state index in [1.807, 2.05) is 19.9 Å². The van der Waals surface area contributed by atoms with E-state index >= 15 is 0 Å². The molecule has 1 atom stereocenters. The first-order chi connectivity index (χ1) is 12.8. The molecule has 0 unspecified atom stereocenters. The number of hydrogen-bond acceptors (Lipinski definition) is 6. The van der Waals surface area contributed by atoms with Gasteiger partial charge in [0, 0.05) is 30.9 Å². The molecular formula is C20H28ClN5O. The molecule has 1 aliphatic rings. The van der Waals surface area contributed by atoms with Crippen molar-refractivity contribution in [3.63, 3.8) is 0 Å². The normalized spacial score (nSPS) is 17.8. The lowest BCUT2D eigenvalue weighted by atomic mass is 9.75. The summed E-state index contributed by atoms with van der Waals surface area (Å²) in [7, 11) is 0. The Hall–Kier alpha value is -1.76. The van der Waals surface area contributed by atoms with Crippen LogP contribution in [-0.4, -0.2) is 39.2 Å². The van der Waals surface area contributed by atoms with Crippen LogP contribution in [0.5, 0.6) is 0 Å². The maximum Gasteiger partial charge on any atom is 0.153 e. The molecule has 0 aromatic carbocycles. The number of halogens is 1. The molecule has 27 heavy (non-hydrogen) atoms. The number of hydrogen-bond donors (Lipinski definition) is 2. The van der Waals surface area contributed by atoms with Gasteiger partial charge in [-0.15, -0.1) is 0 Å². The number of aliphatic hydroxyl groups is 1. The SMILES string of the molecule is Cc1nc(N2CCC(C)([C@@H](C)N)CC2)c(CO)nc1-c1ccnc(C)c1Cl. The molecule has 0 bridgehead atoms. The monoisotopic (exact) mass is 389 g/mol. The highest BCUT2D eigenvalue weighted by Crippen LogP contribution is 2.37. The van der Waals surface area contributed by atoms with Gasteiger partial charge in [-0.25, -0.2) is 9.97 Å². The number of aromatic nitrogens is 3. The van der Waals surface area contributed by atoms with Gasteiger partial charge in [-0.3, -0.25) is 4.98 Å². The van der Waals surface area contributed by atoms with E-state index in [-0.39, 0.29) is 18.1 Å². The van der Waals surface area contributed by atoms with E-state index in [1.165, 1.54) is 0 Å². The van der Waals surface area contributed by atoms with Gasteiger partial charge in [0.15, 0.2) is 5.82 Å². The second kappa shape index (κ2) is 7.70. The molecule has 3 rings (SSSR count). The van der Waals surface area contributed by atoms with Crippen LogP contribution in [0.2, 0.25) is 5.02 Å². The zero-order valence-electron chi connectivity index (χ0n) is 16.5. The third kappa shape index (κ3) is 3.79. The van der Waals surface area contributed by atoms with Gasteiger partial charge in [-0.2, -0.15) is 0 Å². The lowest BCUT2D eigenvalue weighted by molar-refractivity contribution is 0.204. The van der Waals surface area contributed by atoms with Gasteiger partial charge in [-0.1, -0.05) is 18.5 Å². The van der Waals surface area contributed by atoms with Crippen molar-refractivity contribution in [3.8, 4) is 11.3 Å². The van der Waals surface area contributed by atoms with Gasteiger partial charge in [0.1, 0.15) is 5.69 Å². The fourth-order valence-corrected chi connectivity index (χ4v) is 3.77. The molecular weight excluding hydrogens is 362 g/mol. The number of aliphatic hydroxyl groups excluding tert-OH is 1. The molecule has 6 nitrogen and oxygen atoms in total. The molecule has 0 saturated carbocycles. The summed E-state index contributed by atoms with van der Waals surface area (Å²) in [5.41, 5.74) is 9.90. The van der Waals surface area contributed by atoms with Crippen LogP contribution >= 0.6 is 11.6 Å². The first-order valence-electron chi connectivity index (χ1n) is 9.37. The Balaban J connectivity index is 1.95. The van der Waals surface area contributed by atoms with Crippen LogP contribution in [0.15, 0.2) is 12.3 Å². The maximum atomic E-state index is 9.93. The number of rotatable bonds is 4. The van der Waals surface area contributed by atoms with E-state index in [9.17, 15) is 5.11 Å². The summed E-state index contributed by atoms with van der Waals surface area (Å²) in [4.78, 5) is 15.9. The molecule has 7 heteroatoms. The highest BCUT2D eigenvalue weighted by Gasteiger charge is 2.34. The predicted molar refractivity (Wildman–Crippen MR) is 109 cm³/mol. The standard InChI is InChI=1S/C20H28ClN5O/c1-12-17(21)15(5-8-23-12)18-13(2)24-19(16(11-27)25-18)26-9-6-20(4,7-10-26)14(3)22/h5,8,14,27H,6-7,9-11,22H2,1-4H3/t14-/m1/s1. The van der Waals surface area contributed by atoms with E-state index in [2.05, 4.69) is 23.7 Å². The van der Waals surface area contributed by atoms with Gasteiger partial charge >= 0.3 is 0 Å². The molecule has 1 saturated heterocycles. The average Bonchev–Trinajstić information content (AvgIpc) is 2.64. The predicted octanol–water partition coefficient (Wildman–Crippen LogP) is 3.25. The number of pyridine rings is 1. The van der Waals surface area contributed by atoms with E-state index < -0.39 is 0 Å². The molecule has 0 amide bonds. The number of anilines is 1. The van der Waals surface area contributed by atoms with Crippen molar-refractivity contribution >= 4 is 17.4 Å². The Morgan fingerprint density at radius 1 is 1.26 bits per heavy atom. The number of nitrogens with two attached hydrogens (primary N) is 1. The van der Waals surface area contributed by atoms with Gasteiger partial charge in [0.2, 0.25) is 0 Å². The van der Waals surface area contributed by atoms with E-state index in [0.29, 0.717) is 16.4 Å². The van der Waals surface area contributed by atoms with Crippen LogP contribution in [-0.2, 0) is 6.61 Å². The topological polar surface area (TPSA) is 88.2 Å². The van der Waals surface area contributed by atoms with Gasteiger partial charge in [0.25, 0.3) is 0 Å². The lowest BCUT2D eigenvalue weighted by Gasteiger charge is -2.42. The summed E-state index contributed by atoms with van der Waals surface area (Å²) in [5, 5.41) is 10.5. The molecule has 0 radical (unpaired) electrons. The summed E-state index contributed by atoms with van der Waals surface area (Å²) in [6, 6.07) is 1.99. The van der Waals surface area contributed by atoms with Crippen molar-refractivity contribution in [1.82, 2.24) is 15.0 Å². The minimum absolute atomic E-state index is 0.139. The third-order valence-corrected chi connectivity index (χ3v) is 6.37. The minimum Gasteiger partial charge on any atom is -0.390 e. The quantitative estimate of drug-likeness (QED) is 0.834. The zero-order valence-corrected chi connectivity index (χ0v) is 17.2. The number of nitrogens with zero attached hydrogens (tertiary/aromatic N) is 4. The fourth-order valence-electron chi connectivity index (χ4n) is 3.57. The van der Waals surface area contributed by atoms with Crippen LogP contribution < -0.4 is 10.6 Å². The van der Waals surface area contributed by atoms with Crippen molar-refractivity contribution in [1.29, 1.82) is 0 Å². The van der Waals surface area contributed by atoms with Crippen molar-refractivity contribution in [3.05, 3.63) is 34.4 Å². The third-order valence-electron chi connectivity index (χ3n) is 5.89. The maximum absolute atomic E-state index is 9.93. The van der Waals surface area contributed by atoms with Crippen LogP contribution in [0.3, 0.4) is 0 Å². The Bertz CT molecular complexity index is 831. The first kappa shape index (κ1) is 20.0. The summed E-state index contributed by atoms with van der Waals surface area (Å²) in [5.74, 6) is 0.757. The second-order valence-electron chi connectivity index (χ2n) is 7.77. The minimum atomic E-state index is -0.168. The molecule has 3 N–H and O–H groups in total. The van der Waals surface area contributed by atoms with Crippen LogP contribution in [0.1, 0.15) is 43.8 Å². The molecule has 0 aliphatic carbocycles. The Morgan fingerprint density at radius 2 is 1.93 bits per heavy atom. The molecule has 1 fully saturated rings. The zero-order chi connectivity index (χ0) is 19.8. The summed E-state index contributed by atoms with van der Waals surface area (Å²) in [6.45, 7) is 9.65. The highest BCUT2D eigenvalue weighted by atomic mass is 35.5. The van der Waals surface area contributed by atoms with Crippen LogP contribution in [0.25, 0.3) is 11.3 Å². The summed E-state index contributed by atoms with van der Waals surface area (Å²) in [6.07, 6.45) is 3.70. The number of aryl methyl sites for hydroxylation is 2. The van der Waals surface area contributed by atoms with Crippen molar-refractivity contribution in [2.24, 2.45) is 11.1 Å². The Kier molecular flexibility index (Phi) is 5.70. The smallest absolute Gasteiger partial charge is 0.153 e. The molecule has 1 aliphatic heterocycles. The molecule has 146 valence electrons. The largest absolute Gasteiger partial charge is 0.390 e. The highest BCUT2D eigenvalue weighted by molar-refractivity contribution is 6.33. The summed E-state index contributed by atoms with van der Waals surface area (Å²) >= 11 is 6.43. The molecule has 2 aromatic rings. The molecule has 0 spiro atoms. The average molecular weight is 390 g/mol. The van der Waals surface area contributed by atoms with Gasteiger partial charge in [-0.05, 0) is 45.1 Å². The van der Waals surface area contributed by atoms with Crippen molar-refractivity contribution in [2.75, 3.05) is 18.0 Å². The van der Waals surface area contributed by atoms with Crippen molar-refractivity contribution < 1.29 is 5.11 Å². The van der Waals surface area contributed by atoms with Crippen LogP contribution in [0.4, 0.5) is 5.82 Å². The number of piperidine rings is 1. The summed E-state index contributed by atoms with van der Waals surface area (Å²) < 4.78 is 0.